The van der Waals surface area contributed by atoms with Crippen LogP contribution >= 0.6 is 0 Å². The van der Waals surface area contributed by atoms with E-state index in [0.29, 0.717) is 62.8 Å². The molecule has 0 aromatic heterocycles. The zero-order chi connectivity index (χ0) is 32.4. The Labute approximate surface area is 264 Å². The number of ether oxygens (including phenoxy) is 5. The molecule has 0 fully saturated rings. The van der Waals surface area contributed by atoms with Crippen LogP contribution in [0.5, 0.6) is 17.2 Å². The van der Waals surface area contributed by atoms with Gasteiger partial charge in [-0.3, -0.25) is 4.99 Å². The van der Waals surface area contributed by atoms with Crippen LogP contribution in [0.1, 0.15) is 52.7 Å². The van der Waals surface area contributed by atoms with Crippen molar-refractivity contribution in [1.29, 1.82) is 0 Å². The van der Waals surface area contributed by atoms with E-state index in [-0.39, 0.29) is 0 Å². The van der Waals surface area contributed by atoms with E-state index in [4.69, 9.17) is 23.7 Å². The first-order valence-electron chi connectivity index (χ1n) is 14.7. The van der Waals surface area contributed by atoms with Crippen molar-refractivity contribution in [3.63, 3.8) is 0 Å². The third kappa shape index (κ3) is 12.1. The predicted octanol–water partition coefficient (Wildman–Crippen LogP) is 7.05. The number of nitrogens with zero attached hydrogens (tertiary/aromatic N) is 1. The van der Waals surface area contributed by atoms with Crippen LogP contribution in [0.4, 0.5) is 5.69 Å². The van der Waals surface area contributed by atoms with Gasteiger partial charge in [0.2, 0.25) is 0 Å². The van der Waals surface area contributed by atoms with Crippen LogP contribution in [0.25, 0.3) is 0 Å². The Hall–Kier alpha value is -5.18. The van der Waals surface area contributed by atoms with Crippen LogP contribution in [0.15, 0.2) is 91.0 Å². The van der Waals surface area contributed by atoms with Crippen molar-refractivity contribution >= 4 is 29.8 Å². The molecule has 3 aromatic rings. The summed E-state index contributed by atoms with van der Waals surface area (Å²) >= 11 is 0. The van der Waals surface area contributed by atoms with Gasteiger partial charge < -0.3 is 23.7 Å². The van der Waals surface area contributed by atoms with Gasteiger partial charge in [-0.2, -0.15) is 0 Å². The third-order valence-corrected chi connectivity index (χ3v) is 6.46. The van der Waals surface area contributed by atoms with Crippen LogP contribution < -0.4 is 14.2 Å². The highest BCUT2D eigenvalue weighted by Crippen LogP contribution is 2.29. The molecule has 3 rings (SSSR count). The summed E-state index contributed by atoms with van der Waals surface area (Å²) in [6.07, 6.45) is 6.92. The maximum Gasteiger partial charge on any atom is 0.343 e. The molecule has 0 saturated heterocycles. The molecule has 3 aromatic carbocycles. The molecule has 0 radical (unpaired) electrons. The first-order chi connectivity index (χ1) is 21.8. The van der Waals surface area contributed by atoms with Crippen LogP contribution in [0, 0.1) is 13.8 Å². The molecule has 0 unspecified atom stereocenters. The molecule has 0 aliphatic carbocycles. The molecule has 45 heavy (non-hydrogen) atoms. The van der Waals surface area contributed by atoms with Gasteiger partial charge in [0, 0.05) is 18.4 Å². The summed E-state index contributed by atoms with van der Waals surface area (Å²) in [6, 6.07) is 18.0. The standard InChI is InChI=1S/C36H39NO8/c1-5-34(38)43-21-9-7-19-41-30-15-11-28(12-16-30)25-37-32-23-27(4)33(24-26(32)3)45-36(40)29-13-17-31(18-14-29)42-20-8-10-22-44-35(39)6-2/h5-6,11-18,23-25H,1-2,7-10,19-22H2,3-4H3/b37-25+. The van der Waals surface area contributed by atoms with Crippen molar-refractivity contribution in [2.75, 3.05) is 26.4 Å². The Kier molecular flexibility index (Phi) is 14.1. The van der Waals surface area contributed by atoms with Gasteiger partial charge in [0.05, 0.1) is 37.7 Å². The topological polar surface area (TPSA) is 110 Å². The number of hydrogen-bond acceptors (Lipinski definition) is 9. The number of hydrogen-bond donors (Lipinski definition) is 0. The fraction of sp³-hybridized carbons (Fsp3) is 0.278. The van der Waals surface area contributed by atoms with Crippen LogP contribution in [0.3, 0.4) is 0 Å². The second-order valence-electron chi connectivity index (χ2n) is 10.00. The number of carbonyl (C=O) groups is 3. The van der Waals surface area contributed by atoms with Gasteiger partial charge in [-0.25, -0.2) is 14.4 Å². The van der Waals surface area contributed by atoms with Gasteiger partial charge in [-0.15, -0.1) is 0 Å². The lowest BCUT2D eigenvalue weighted by Gasteiger charge is -2.11. The second kappa shape index (κ2) is 18.5. The van der Waals surface area contributed by atoms with Crippen LogP contribution in [-0.2, 0) is 19.1 Å². The number of rotatable bonds is 18. The average molecular weight is 614 g/mol. The predicted molar refractivity (Wildman–Crippen MR) is 173 cm³/mol. The molecule has 9 nitrogen and oxygen atoms in total. The lowest BCUT2D eigenvalue weighted by atomic mass is 10.1. The summed E-state index contributed by atoms with van der Waals surface area (Å²) < 4.78 is 27.0. The molecule has 0 saturated carbocycles. The lowest BCUT2D eigenvalue weighted by Crippen LogP contribution is -2.09. The van der Waals surface area contributed by atoms with Crippen molar-refractivity contribution in [1.82, 2.24) is 0 Å². The van der Waals surface area contributed by atoms with Gasteiger partial charge >= 0.3 is 17.9 Å². The highest BCUT2D eigenvalue weighted by atomic mass is 16.5. The van der Waals surface area contributed by atoms with Crippen LogP contribution in [-0.4, -0.2) is 50.6 Å². The molecule has 0 aliphatic rings. The molecular formula is C36H39NO8. The maximum atomic E-state index is 12.8. The minimum atomic E-state index is -0.470. The largest absolute Gasteiger partial charge is 0.494 e. The zero-order valence-corrected chi connectivity index (χ0v) is 25.8. The van der Waals surface area contributed by atoms with E-state index < -0.39 is 17.9 Å². The van der Waals surface area contributed by atoms with Crippen molar-refractivity contribution in [2.24, 2.45) is 4.99 Å². The normalized spacial score (nSPS) is 10.6. The highest BCUT2D eigenvalue weighted by Gasteiger charge is 2.13. The van der Waals surface area contributed by atoms with Gasteiger partial charge in [0.1, 0.15) is 17.2 Å². The molecule has 0 heterocycles. The molecule has 0 atom stereocenters. The quantitative estimate of drug-likeness (QED) is 0.0494. The van der Waals surface area contributed by atoms with Gasteiger partial charge in [-0.05, 0) is 117 Å². The van der Waals surface area contributed by atoms with Crippen molar-refractivity contribution < 1.29 is 38.1 Å². The molecule has 236 valence electrons. The second-order valence-corrected chi connectivity index (χ2v) is 10.00. The third-order valence-electron chi connectivity index (χ3n) is 6.46. The van der Waals surface area contributed by atoms with E-state index in [1.807, 2.05) is 44.2 Å². The lowest BCUT2D eigenvalue weighted by molar-refractivity contribution is -0.138. The van der Waals surface area contributed by atoms with Gasteiger partial charge in [-0.1, -0.05) is 13.2 Å². The van der Waals surface area contributed by atoms with E-state index in [9.17, 15) is 14.4 Å². The van der Waals surface area contributed by atoms with Gasteiger partial charge in [0.25, 0.3) is 0 Å². The summed E-state index contributed by atoms with van der Waals surface area (Å²) in [5.41, 5.74) is 3.72. The Morgan fingerprint density at radius 2 is 1.20 bits per heavy atom. The Bertz CT molecular complexity index is 1480. The van der Waals surface area contributed by atoms with E-state index in [1.54, 1.807) is 36.5 Å². The molecule has 0 spiro atoms. The molecule has 0 N–H and O–H groups in total. The molecule has 0 bridgehead atoms. The van der Waals surface area contributed by atoms with Crippen molar-refractivity contribution in [3.05, 3.63) is 108 Å². The summed E-state index contributed by atoms with van der Waals surface area (Å²) in [4.78, 5) is 39.5. The molecule has 0 aliphatic heterocycles. The molecule has 0 amide bonds. The van der Waals surface area contributed by atoms with E-state index >= 15 is 0 Å². The Balaban J connectivity index is 1.46. The fourth-order valence-electron chi connectivity index (χ4n) is 3.92. The van der Waals surface area contributed by atoms with E-state index in [2.05, 4.69) is 18.2 Å². The summed E-state index contributed by atoms with van der Waals surface area (Å²) in [5.74, 6) is 0.522. The minimum absolute atomic E-state index is 0.316. The number of esters is 3. The number of aliphatic imine (C=N–C) groups is 1. The number of benzene rings is 3. The highest BCUT2D eigenvalue weighted by molar-refractivity contribution is 5.91. The Morgan fingerprint density at radius 1 is 0.689 bits per heavy atom. The first-order valence-corrected chi connectivity index (χ1v) is 14.7. The SMILES string of the molecule is C=CC(=O)OCCCCOc1ccc(/C=N/c2cc(C)c(OC(=O)c3ccc(OCCCCOC(=O)C=C)cc3)cc2C)cc1. The van der Waals surface area contributed by atoms with E-state index in [0.717, 1.165) is 46.7 Å². The van der Waals surface area contributed by atoms with Gasteiger partial charge in [0.15, 0.2) is 0 Å². The minimum Gasteiger partial charge on any atom is -0.494 e. The Morgan fingerprint density at radius 3 is 1.73 bits per heavy atom. The fourth-order valence-corrected chi connectivity index (χ4v) is 3.92. The zero-order valence-electron chi connectivity index (χ0n) is 25.8. The molecule has 9 heteroatoms. The number of unbranched alkanes of at least 4 members (excludes halogenated alkanes) is 2. The molecular weight excluding hydrogens is 574 g/mol. The monoisotopic (exact) mass is 613 g/mol. The van der Waals surface area contributed by atoms with Crippen molar-refractivity contribution in [2.45, 2.75) is 39.5 Å². The van der Waals surface area contributed by atoms with Crippen molar-refractivity contribution in [3.8, 4) is 17.2 Å². The van der Waals surface area contributed by atoms with Crippen LogP contribution in [0.2, 0.25) is 0 Å². The average Bonchev–Trinajstić information content (AvgIpc) is 3.05. The van der Waals surface area contributed by atoms with E-state index in [1.165, 1.54) is 0 Å². The summed E-state index contributed by atoms with van der Waals surface area (Å²) in [7, 11) is 0. The first kappa shape index (κ1) is 34.3. The smallest absolute Gasteiger partial charge is 0.343 e. The number of aryl methyl sites for hydroxylation is 2. The summed E-state index contributed by atoms with van der Waals surface area (Å²) in [5, 5.41) is 0. The number of carbonyl (C=O) groups excluding carboxylic acids is 3. The maximum absolute atomic E-state index is 12.8. The summed E-state index contributed by atoms with van der Waals surface area (Å²) in [6.45, 7) is 12.1.